The molecule has 0 bridgehead atoms. The molecule has 0 aliphatic carbocycles. The SMILES string of the molecule is COc1cc(Cl)c(C(=O)C(C)S(C)(=O)=O)cc1Cl. The van der Waals surface area contributed by atoms with Crippen molar-refractivity contribution in [3.8, 4) is 5.75 Å². The predicted octanol–water partition coefficient (Wildman–Crippen LogP) is 2.62. The number of sulfone groups is 1. The minimum absolute atomic E-state index is 0.0698. The lowest BCUT2D eigenvalue weighted by molar-refractivity contribution is 0.0992. The molecular weight excluding hydrogens is 299 g/mol. The smallest absolute Gasteiger partial charge is 0.182 e. The number of methoxy groups -OCH3 is 1. The van der Waals surface area contributed by atoms with Crippen LogP contribution in [0, 0.1) is 0 Å². The molecule has 4 nitrogen and oxygen atoms in total. The Morgan fingerprint density at radius 2 is 1.83 bits per heavy atom. The molecule has 0 spiro atoms. The number of Topliss-reactive ketones (excluding diaryl/α,β-unsaturated/α-hetero) is 1. The number of hydrogen-bond acceptors (Lipinski definition) is 4. The van der Waals surface area contributed by atoms with Crippen molar-refractivity contribution in [1.82, 2.24) is 0 Å². The Hall–Kier alpha value is -0.780. The zero-order valence-corrected chi connectivity index (χ0v) is 12.4. The first-order chi connectivity index (χ1) is 8.18. The summed E-state index contributed by atoms with van der Waals surface area (Å²) >= 11 is 11.8. The maximum absolute atomic E-state index is 12.0. The molecule has 0 N–H and O–H groups in total. The van der Waals surface area contributed by atoms with Crippen LogP contribution >= 0.6 is 23.2 Å². The molecule has 1 aromatic carbocycles. The second-order valence-corrected chi connectivity index (χ2v) is 6.98. The van der Waals surface area contributed by atoms with E-state index in [1.807, 2.05) is 0 Å². The van der Waals surface area contributed by atoms with Gasteiger partial charge < -0.3 is 4.74 Å². The third kappa shape index (κ3) is 3.16. The molecule has 0 radical (unpaired) electrons. The quantitative estimate of drug-likeness (QED) is 0.802. The molecule has 1 unspecified atom stereocenters. The third-order valence-corrected chi connectivity index (χ3v) is 4.63. The van der Waals surface area contributed by atoms with Gasteiger partial charge in [-0.05, 0) is 13.0 Å². The average Bonchev–Trinajstić information content (AvgIpc) is 2.28. The molecule has 0 saturated carbocycles. The molecule has 100 valence electrons. The van der Waals surface area contributed by atoms with Gasteiger partial charge in [0.2, 0.25) is 0 Å². The number of ketones is 1. The molecule has 0 aromatic heterocycles. The van der Waals surface area contributed by atoms with E-state index in [0.717, 1.165) is 6.26 Å². The fourth-order valence-electron chi connectivity index (χ4n) is 1.29. The number of ether oxygens (including phenoxy) is 1. The van der Waals surface area contributed by atoms with E-state index < -0.39 is 20.9 Å². The summed E-state index contributed by atoms with van der Waals surface area (Å²) in [7, 11) is -2.06. The third-order valence-electron chi connectivity index (χ3n) is 2.52. The lowest BCUT2D eigenvalue weighted by atomic mass is 10.1. The van der Waals surface area contributed by atoms with Gasteiger partial charge in [-0.15, -0.1) is 0 Å². The second kappa shape index (κ2) is 5.47. The van der Waals surface area contributed by atoms with Crippen LogP contribution in [-0.4, -0.2) is 32.8 Å². The number of carbonyl (C=O) groups excluding carboxylic acids is 1. The Balaban J connectivity index is 3.27. The molecular formula is C11H12Cl2O4S. The maximum atomic E-state index is 12.0. The molecule has 18 heavy (non-hydrogen) atoms. The predicted molar refractivity (Wildman–Crippen MR) is 71.7 cm³/mol. The van der Waals surface area contributed by atoms with Crippen molar-refractivity contribution in [1.29, 1.82) is 0 Å². The normalized spacial score (nSPS) is 13.2. The number of carbonyl (C=O) groups is 1. The number of rotatable bonds is 4. The van der Waals surface area contributed by atoms with Crippen LogP contribution in [-0.2, 0) is 9.84 Å². The number of halogens is 2. The first-order valence-electron chi connectivity index (χ1n) is 4.94. The topological polar surface area (TPSA) is 60.4 Å². The summed E-state index contributed by atoms with van der Waals surface area (Å²) in [6.45, 7) is 1.31. The van der Waals surface area contributed by atoms with Crippen molar-refractivity contribution in [2.75, 3.05) is 13.4 Å². The first-order valence-corrected chi connectivity index (χ1v) is 7.65. The fraction of sp³-hybridized carbons (Fsp3) is 0.364. The molecule has 1 aromatic rings. The van der Waals surface area contributed by atoms with Gasteiger partial charge in [0.15, 0.2) is 15.6 Å². The molecule has 0 fully saturated rings. The standard InChI is InChI=1S/C11H12Cl2O4S/c1-6(18(3,15)16)11(14)7-4-9(13)10(17-2)5-8(7)12/h4-6H,1-3H3. The molecule has 0 aliphatic rings. The largest absolute Gasteiger partial charge is 0.495 e. The Labute approximate surface area is 116 Å². The van der Waals surface area contributed by atoms with Gasteiger partial charge in [0.1, 0.15) is 11.0 Å². The zero-order chi connectivity index (χ0) is 14.1. The van der Waals surface area contributed by atoms with E-state index in [1.54, 1.807) is 0 Å². The highest BCUT2D eigenvalue weighted by atomic mass is 35.5. The Kier molecular flexibility index (Phi) is 4.64. The summed E-state index contributed by atoms with van der Waals surface area (Å²) in [5, 5.41) is -0.859. The van der Waals surface area contributed by atoms with Crippen LogP contribution in [0.4, 0.5) is 0 Å². The number of benzene rings is 1. The molecule has 0 aliphatic heterocycles. The maximum Gasteiger partial charge on any atom is 0.182 e. The fourth-order valence-corrected chi connectivity index (χ4v) is 2.29. The summed E-state index contributed by atoms with van der Waals surface area (Å²) < 4.78 is 27.6. The van der Waals surface area contributed by atoms with Gasteiger partial charge in [0.05, 0.1) is 17.2 Å². The molecule has 7 heteroatoms. The monoisotopic (exact) mass is 310 g/mol. The lowest BCUT2D eigenvalue weighted by Gasteiger charge is -2.11. The first kappa shape index (κ1) is 15.3. The van der Waals surface area contributed by atoms with Gasteiger partial charge in [0, 0.05) is 17.9 Å². The minimum atomic E-state index is -3.48. The van der Waals surface area contributed by atoms with Gasteiger partial charge >= 0.3 is 0 Å². The highest BCUT2D eigenvalue weighted by Gasteiger charge is 2.27. The van der Waals surface area contributed by atoms with Crippen LogP contribution < -0.4 is 4.74 Å². The van der Waals surface area contributed by atoms with Gasteiger partial charge in [-0.2, -0.15) is 0 Å². The molecule has 0 heterocycles. The van der Waals surface area contributed by atoms with E-state index in [9.17, 15) is 13.2 Å². The van der Waals surface area contributed by atoms with Gasteiger partial charge in [-0.3, -0.25) is 4.79 Å². The highest BCUT2D eigenvalue weighted by molar-refractivity contribution is 7.92. The lowest BCUT2D eigenvalue weighted by Crippen LogP contribution is -2.26. The Morgan fingerprint density at radius 1 is 1.28 bits per heavy atom. The zero-order valence-electron chi connectivity index (χ0n) is 10.0. The van der Waals surface area contributed by atoms with Crippen LogP contribution in [0.25, 0.3) is 0 Å². The van der Waals surface area contributed by atoms with E-state index in [0.29, 0.717) is 5.75 Å². The Morgan fingerprint density at radius 3 is 2.28 bits per heavy atom. The molecule has 0 amide bonds. The summed E-state index contributed by atoms with van der Waals surface area (Å²) in [6.07, 6.45) is 0.995. The van der Waals surface area contributed by atoms with E-state index >= 15 is 0 Å². The van der Waals surface area contributed by atoms with Gasteiger partial charge in [-0.25, -0.2) is 8.42 Å². The van der Waals surface area contributed by atoms with Gasteiger partial charge in [-0.1, -0.05) is 23.2 Å². The van der Waals surface area contributed by atoms with Crippen LogP contribution in [0.3, 0.4) is 0 Å². The molecule has 1 atom stereocenters. The van der Waals surface area contributed by atoms with Crippen molar-refractivity contribution in [3.63, 3.8) is 0 Å². The van der Waals surface area contributed by atoms with Crippen LogP contribution in [0.2, 0.25) is 10.0 Å². The molecule has 0 saturated heterocycles. The van der Waals surface area contributed by atoms with Crippen molar-refractivity contribution >= 4 is 38.8 Å². The van der Waals surface area contributed by atoms with E-state index in [-0.39, 0.29) is 15.6 Å². The van der Waals surface area contributed by atoms with Crippen molar-refractivity contribution in [3.05, 3.63) is 27.7 Å². The van der Waals surface area contributed by atoms with Crippen LogP contribution in [0.5, 0.6) is 5.75 Å². The molecule has 1 rings (SSSR count). The van der Waals surface area contributed by atoms with E-state index in [4.69, 9.17) is 27.9 Å². The average molecular weight is 311 g/mol. The number of hydrogen-bond donors (Lipinski definition) is 0. The van der Waals surface area contributed by atoms with Crippen molar-refractivity contribution < 1.29 is 17.9 Å². The van der Waals surface area contributed by atoms with Gasteiger partial charge in [0.25, 0.3) is 0 Å². The summed E-state index contributed by atoms with van der Waals surface area (Å²) in [5.74, 6) is -0.266. The highest BCUT2D eigenvalue weighted by Crippen LogP contribution is 2.32. The summed E-state index contributed by atoms with van der Waals surface area (Å²) in [4.78, 5) is 12.0. The van der Waals surface area contributed by atoms with E-state index in [1.165, 1.54) is 26.2 Å². The second-order valence-electron chi connectivity index (χ2n) is 3.80. The van der Waals surface area contributed by atoms with Crippen LogP contribution in [0.1, 0.15) is 17.3 Å². The Bertz CT molecular complexity index is 581. The summed E-state index contributed by atoms with van der Waals surface area (Å²) in [5.41, 5.74) is 0.0698. The van der Waals surface area contributed by atoms with Crippen molar-refractivity contribution in [2.24, 2.45) is 0 Å². The minimum Gasteiger partial charge on any atom is -0.495 e. The van der Waals surface area contributed by atoms with Crippen molar-refractivity contribution in [2.45, 2.75) is 12.2 Å². The summed E-state index contributed by atoms with van der Waals surface area (Å²) in [6, 6.07) is 2.69. The van der Waals surface area contributed by atoms with E-state index in [2.05, 4.69) is 0 Å². The van der Waals surface area contributed by atoms with Crippen LogP contribution in [0.15, 0.2) is 12.1 Å².